The van der Waals surface area contributed by atoms with Crippen molar-refractivity contribution in [2.75, 3.05) is 18.4 Å². The van der Waals surface area contributed by atoms with Crippen LogP contribution < -0.4 is 10.6 Å². The minimum atomic E-state index is -0.256. The Labute approximate surface area is 168 Å². The molecule has 0 radical (unpaired) electrons. The van der Waals surface area contributed by atoms with Crippen LogP contribution in [0, 0.1) is 0 Å². The molecule has 0 aliphatic carbocycles. The molecule has 3 heterocycles. The lowest BCUT2D eigenvalue weighted by molar-refractivity contribution is 0.0647. The summed E-state index contributed by atoms with van der Waals surface area (Å²) in [6, 6.07) is 12.8. The third kappa shape index (κ3) is 4.60. The van der Waals surface area contributed by atoms with E-state index in [0.29, 0.717) is 30.4 Å². The highest BCUT2D eigenvalue weighted by Crippen LogP contribution is 2.15. The Balaban J connectivity index is 1.34. The molecule has 8 heteroatoms. The van der Waals surface area contributed by atoms with Crippen LogP contribution in [0.2, 0.25) is 0 Å². The van der Waals surface area contributed by atoms with Crippen molar-refractivity contribution in [1.29, 1.82) is 0 Å². The average molecular weight is 391 g/mol. The zero-order valence-electron chi connectivity index (χ0n) is 15.7. The van der Waals surface area contributed by atoms with E-state index in [9.17, 15) is 9.59 Å². The highest BCUT2D eigenvalue weighted by atomic mass is 16.3. The Bertz CT molecular complexity index is 958. The smallest absolute Gasteiger partial charge is 0.289 e. The SMILES string of the molecule is O=C(NC1CCCN(C(=O)c2ccco2)C1)c1cnc(Nc2ccccc2)nc1. The van der Waals surface area contributed by atoms with Crippen LogP contribution in [0.4, 0.5) is 11.6 Å². The van der Waals surface area contributed by atoms with Crippen molar-refractivity contribution in [3.63, 3.8) is 0 Å². The van der Waals surface area contributed by atoms with Gasteiger partial charge >= 0.3 is 0 Å². The number of carbonyl (C=O) groups is 2. The van der Waals surface area contributed by atoms with Crippen LogP contribution in [0.5, 0.6) is 0 Å². The molecule has 0 saturated carbocycles. The number of likely N-dealkylation sites (tertiary alicyclic amines) is 1. The van der Waals surface area contributed by atoms with Crippen molar-refractivity contribution in [3.8, 4) is 0 Å². The van der Waals surface area contributed by atoms with Crippen molar-refractivity contribution in [1.82, 2.24) is 20.2 Å². The van der Waals surface area contributed by atoms with E-state index in [4.69, 9.17) is 4.42 Å². The van der Waals surface area contributed by atoms with E-state index in [-0.39, 0.29) is 17.9 Å². The number of benzene rings is 1. The molecular weight excluding hydrogens is 370 g/mol. The van der Waals surface area contributed by atoms with Gasteiger partial charge in [0.2, 0.25) is 5.95 Å². The van der Waals surface area contributed by atoms with Gasteiger partial charge in [-0.1, -0.05) is 18.2 Å². The first-order valence-corrected chi connectivity index (χ1v) is 9.47. The molecule has 0 bridgehead atoms. The van der Waals surface area contributed by atoms with Gasteiger partial charge in [-0.05, 0) is 37.1 Å². The van der Waals surface area contributed by atoms with E-state index in [1.165, 1.54) is 18.7 Å². The Kier molecular flexibility index (Phi) is 5.51. The lowest BCUT2D eigenvalue weighted by atomic mass is 10.0. The summed E-state index contributed by atoms with van der Waals surface area (Å²) in [6.07, 6.45) is 6.08. The highest BCUT2D eigenvalue weighted by molar-refractivity contribution is 5.94. The third-order valence-corrected chi connectivity index (χ3v) is 4.72. The Morgan fingerprint density at radius 1 is 1.07 bits per heavy atom. The number of anilines is 2. The second kappa shape index (κ2) is 8.55. The fourth-order valence-corrected chi connectivity index (χ4v) is 3.26. The predicted octanol–water partition coefficient (Wildman–Crippen LogP) is 2.85. The molecule has 1 aromatic carbocycles. The first kappa shape index (κ1) is 18.7. The largest absolute Gasteiger partial charge is 0.459 e. The van der Waals surface area contributed by atoms with Gasteiger partial charge < -0.3 is 20.0 Å². The quantitative estimate of drug-likeness (QED) is 0.694. The Hall–Kier alpha value is -3.68. The summed E-state index contributed by atoms with van der Waals surface area (Å²) < 4.78 is 5.19. The second-order valence-electron chi connectivity index (χ2n) is 6.83. The molecule has 1 atom stereocenters. The van der Waals surface area contributed by atoms with Gasteiger partial charge in [-0.25, -0.2) is 9.97 Å². The maximum Gasteiger partial charge on any atom is 0.289 e. The van der Waals surface area contributed by atoms with Crippen LogP contribution in [-0.2, 0) is 0 Å². The van der Waals surface area contributed by atoms with E-state index >= 15 is 0 Å². The molecule has 4 rings (SSSR count). The molecule has 1 aliphatic rings. The van der Waals surface area contributed by atoms with Gasteiger partial charge in [-0.2, -0.15) is 0 Å². The number of aromatic nitrogens is 2. The summed E-state index contributed by atoms with van der Waals surface area (Å²) in [4.78, 5) is 35.1. The van der Waals surface area contributed by atoms with Gasteiger partial charge in [0.15, 0.2) is 5.76 Å². The van der Waals surface area contributed by atoms with Crippen LogP contribution in [-0.4, -0.2) is 45.8 Å². The standard InChI is InChI=1S/C21H21N5O3/c27-19(15-12-22-21(23-13-15)25-16-6-2-1-3-7-16)24-17-8-4-10-26(14-17)20(28)18-9-5-11-29-18/h1-3,5-7,9,11-13,17H,4,8,10,14H2,(H,24,27)(H,22,23,25). The molecule has 8 nitrogen and oxygen atoms in total. The summed E-state index contributed by atoms with van der Waals surface area (Å²) in [5, 5.41) is 6.05. The van der Waals surface area contributed by atoms with Crippen molar-refractivity contribution in [2.24, 2.45) is 0 Å². The minimum Gasteiger partial charge on any atom is -0.459 e. The molecule has 1 aliphatic heterocycles. The number of nitrogens with one attached hydrogen (secondary N) is 2. The van der Waals surface area contributed by atoms with Crippen LogP contribution in [0.3, 0.4) is 0 Å². The van der Waals surface area contributed by atoms with Gasteiger partial charge in [-0.3, -0.25) is 9.59 Å². The number of nitrogens with zero attached hydrogens (tertiary/aromatic N) is 3. The molecule has 2 N–H and O–H groups in total. The normalized spacial score (nSPS) is 16.3. The van der Waals surface area contributed by atoms with Crippen molar-refractivity contribution >= 4 is 23.5 Å². The van der Waals surface area contributed by atoms with E-state index in [0.717, 1.165) is 18.5 Å². The van der Waals surface area contributed by atoms with E-state index < -0.39 is 0 Å². The highest BCUT2D eigenvalue weighted by Gasteiger charge is 2.27. The first-order valence-electron chi connectivity index (χ1n) is 9.47. The number of para-hydroxylation sites is 1. The second-order valence-corrected chi connectivity index (χ2v) is 6.83. The van der Waals surface area contributed by atoms with Crippen LogP contribution in [0.1, 0.15) is 33.8 Å². The molecular formula is C21H21N5O3. The number of amides is 2. The predicted molar refractivity (Wildman–Crippen MR) is 107 cm³/mol. The van der Waals surface area contributed by atoms with Gasteiger partial charge in [0.1, 0.15) is 0 Å². The summed E-state index contributed by atoms with van der Waals surface area (Å²) in [7, 11) is 0. The van der Waals surface area contributed by atoms with Gasteiger partial charge in [0.05, 0.1) is 11.8 Å². The zero-order chi connectivity index (χ0) is 20.1. The molecule has 0 spiro atoms. The van der Waals surface area contributed by atoms with Crippen molar-refractivity contribution < 1.29 is 14.0 Å². The maximum absolute atomic E-state index is 12.6. The van der Waals surface area contributed by atoms with Gasteiger partial charge in [0, 0.05) is 37.2 Å². The van der Waals surface area contributed by atoms with Crippen molar-refractivity contribution in [3.05, 3.63) is 72.4 Å². The molecule has 3 aromatic rings. The number of furan rings is 1. The number of piperidine rings is 1. The fraction of sp³-hybridized carbons (Fsp3) is 0.238. The van der Waals surface area contributed by atoms with E-state index in [2.05, 4.69) is 20.6 Å². The van der Waals surface area contributed by atoms with Crippen LogP contribution >= 0.6 is 0 Å². The molecule has 2 aromatic heterocycles. The fourth-order valence-electron chi connectivity index (χ4n) is 3.26. The maximum atomic E-state index is 12.6. The number of hydrogen-bond acceptors (Lipinski definition) is 6. The summed E-state index contributed by atoms with van der Waals surface area (Å²) in [5.74, 6) is 0.315. The van der Waals surface area contributed by atoms with Crippen molar-refractivity contribution in [2.45, 2.75) is 18.9 Å². The first-order chi connectivity index (χ1) is 14.2. The van der Waals surface area contributed by atoms with E-state index in [1.807, 2.05) is 30.3 Å². The zero-order valence-corrected chi connectivity index (χ0v) is 15.7. The van der Waals surface area contributed by atoms with Gasteiger partial charge in [0.25, 0.3) is 11.8 Å². The number of rotatable bonds is 5. The van der Waals surface area contributed by atoms with Crippen LogP contribution in [0.25, 0.3) is 0 Å². The molecule has 29 heavy (non-hydrogen) atoms. The van der Waals surface area contributed by atoms with Crippen LogP contribution in [0.15, 0.2) is 65.5 Å². The number of hydrogen-bond donors (Lipinski definition) is 2. The molecule has 2 amide bonds. The summed E-state index contributed by atoms with van der Waals surface area (Å²) in [5.41, 5.74) is 1.24. The third-order valence-electron chi connectivity index (χ3n) is 4.72. The molecule has 1 saturated heterocycles. The minimum absolute atomic E-state index is 0.128. The Morgan fingerprint density at radius 3 is 2.59 bits per heavy atom. The molecule has 1 unspecified atom stereocenters. The Morgan fingerprint density at radius 2 is 1.86 bits per heavy atom. The monoisotopic (exact) mass is 391 g/mol. The topological polar surface area (TPSA) is 100 Å². The average Bonchev–Trinajstić information content (AvgIpc) is 3.29. The summed E-state index contributed by atoms with van der Waals surface area (Å²) >= 11 is 0. The van der Waals surface area contributed by atoms with Gasteiger partial charge in [-0.15, -0.1) is 0 Å². The lowest BCUT2D eigenvalue weighted by Crippen LogP contribution is -2.49. The van der Waals surface area contributed by atoms with E-state index in [1.54, 1.807) is 17.0 Å². The molecule has 1 fully saturated rings. The summed E-state index contributed by atoms with van der Waals surface area (Å²) in [6.45, 7) is 1.09. The molecule has 148 valence electrons. The lowest BCUT2D eigenvalue weighted by Gasteiger charge is -2.32. The number of carbonyl (C=O) groups excluding carboxylic acids is 2.